The molecule has 448 valence electrons. The Morgan fingerprint density at radius 3 is 1.91 bits per heavy atom. The second-order valence-corrected chi connectivity index (χ2v) is 23.5. The van der Waals surface area contributed by atoms with Gasteiger partial charge in [0.2, 0.25) is 39.6 Å². The average Bonchev–Trinajstić information content (AvgIpc) is 4.23. The molecule has 3 rings (SSSR count). The van der Waals surface area contributed by atoms with Crippen molar-refractivity contribution < 1.29 is 70.5 Å². The fourth-order valence-corrected chi connectivity index (χ4v) is 11.5. The highest BCUT2D eigenvalue weighted by Crippen LogP contribution is 2.31. The lowest BCUT2D eigenvalue weighted by Gasteiger charge is -2.41. The van der Waals surface area contributed by atoms with Gasteiger partial charge in [-0.2, -0.15) is 0 Å². The van der Waals surface area contributed by atoms with Crippen LogP contribution in [-0.2, 0) is 78.5 Å². The predicted molar refractivity (Wildman–Crippen MR) is 297 cm³/mol. The Hall–Kier alpha value is -4.91. The van der Waals surface area contributed by atoms with E-state index in [-0.39, 0.29) is 80.2 Å². The fourth-order valence-electron chi connectivity index (χ4n) is 10.1. The Bertz CT molecular complexity index is 2180. The first-order chi connectivity index (χ1) is 37.6. The van der Waals surface area contributed by atoms with Crippen LogP contribution < -0.4 is 20.7 Å². The number of sulfonamides is 1. The zero-order chi connectivity index (χ0) is 58.8. The molecule has 1 saturated heterocycles. The smallest absolute Gasteiger partial charge is 0.256 e. The van der Waals surface area contributed by atoms with Crippen LogP contribution in [0.15, 0.2) is 30.3 Å². The van der Waals surface area contributed by atoms with E-state index < -0.39 is 81.3 Å². The van der Waals surface area contributed by atoms with Gasteiger partial charge in [-0.1, -0.05) is 85.2 Å². The Labute approximate surface area is 469 Å². The summed E-state index contributed by atoms with van der Waals surface area (Å²) in [4.78, 5) is 110. The number of amides is 6. The largest absolute Gasteiger partial charge is 0.379 e. The van der Waals surface area contributed by atoms with Crippen molar-refractivity contribution in [1.29, 1.82) is 0 Å². The number of carbonyl (C=O) groups excluding carboxylic acids is 8. The van der Waals surface area contributed by atoms with Crippen molar-refractivity contribution >= 4 is 58.0 Å². The second-order valence-electron chi connectivity index (χ2n) is 21.6. The molecule has 0 bridgehead atoms. The Morgan fingerprint density at radius 2 is 1.37 bits per heavy atom. The van der Waals surface area contributed by atoms with Gasteiger partial charge in [0, 0.05) is 60.2 Å². The second kappa shape index (κ2) is 35.1. The number of hydrogen-bond donors (Lipinski definition) is 4. The molecule has 0 spiro atoms. The number of nitrogens with zero attached hydrogens (tertiary/aromatic N) is 3. The van der Waals surface area contributed by atoms with Crippen molar-refractivity contribution in [3.05, 3.63) is 35.9 Å². The van der Waals surface area contributed by atoms with Gasteiger partial charge in [0.05, 0.1) is 93.5 Å². The van der Waals surface area contributed by atoms with Gasteiger partial charge in [-0.3, -0.25) is 38.4 Å². The third-order valence-electron chi connectivity index (χ3n) is 15.0. The van der Waals surface area contributed by atoms with Crippen molar-refractivity contribution in [2.75, 3.05) is 87.6 Å². The monoisotopic (exact) mass is 1140 g/mol. The summed E-state index contributed by atoms with van der Waals surface area (Å²) in [5.74, 6) is -4.74. The number of likely N-dealkylation sites (tertiary alicyclic amines) is 1. The van der Waals surface area contributed by atoms with E-state index in [0.29, 0.717) is 90.8 Å². The summed E-state index contributed by atoms with van der Waals surface area (Å²) >= 11 is 0. The maximum atomic E-state index is 14.7. The van der Waals surface area contributed by atoms with E-state index in [1.807, 2.05) is 59.6 Å². The van der Waals surface area contributed by atoms with Gasteiger partial charge in [0.1, 0.15) is 24.7 Å². The summed E-state index contributed by atoms with van der Waals surface area (Å²) in [6.07, 6.45) is 2.36. The van der Waals surface area contributed by atoms with E-state index in [0.717, 1.165) is 5.56 Å². The van der Waals surface area contributed by atoms with Crippen LogP contribution >= 0.6 is 0 Å². The van der Waals surface area contributed by atoms with Crippen LogP contribution in [-0.4, -0.2) is 206 Å². The summed E-state index contributed by atoms with van der Waals surface area (Å²) in [6.45, 7) is 16.1. The lowest BCUT2D eigenvalue weighted by Crippen LogP contribution is -2.60. The molecular formula is C56H93N7O15S. The number of rotatable bonds is 40. The normalized spacial score (nSPS) is 17.8. The van der Waals surface area contributed by atoms with Gasteiger partial charge in [0.25, 0.3) is 5.91 Å². The molecule has 2 aliphatic rings. The van der Waals surface area contributed by atoms with Gasteiger partial charge in [-0.05, 0) is 56.0 Å². The minimum absolute atomic E-state index is 0.0190. The molecule has 0 radical (unpaired) electrons. The van der Waals surface area contributed by atoms with Crippen LogP contribution in [0, 0.1) is 29.6 Å². The standard InChI is InChI=1S/C56H93N7O15S/c1-12-39(6)50(62(9)56(71)48(37(2)3)59-55(70)49(38(4)5)61(8)26-30-77-32-34-78-33-31-76-29-24-57-53(68)42(22-27-64)23-28-65)46(74-10)36-47(66)63-25-16-19-45(63)51(75-11)40(7)52(67)58-44(35-41-17-14-13-15-18-41)54(69)60-79(72,73)43-20-21-43/h13-15,17-18,27-28,37-40,42-46,48-51H,12,16,19-26,29-36H2,1-11H3,(H,57,68)(H,58,67)(H,59,70)(H,60,69)/t39-,40+,44-,45-,46+,48-,49?,50-,51+/m0/s1. The third-order valence-corrected chi connectivity index (χ3v) is 16.8. The van der Waals surface area contributed by atoms with Crippen LogP contribution in [0.4, 0.5) is 0 Å². The lowest BCUT2D eigenvalue weighted by molar-refractivity contribution is -0.148. The number of methoxy groups -OCH3 is 2. The van der Waals surface area contributed by atoms with Crippen molar-refractivity contribution in [2.24, 2.45) is 29.6 Å². The molecule has 9 atom stereocenters. The summed E-state index contributed by atoms with van der Waals surface area (Å²) < 4.78 is 56.6. The van der Waals surface area contributed by atoms with Crippen LogP contribution in [0.2, 0.25) is 0 Å². The van der Waals surface area contributed by atoms with Gasteiger partial charge < -0.3 is 59.0 Å². The number of nitrogens with one attached hydrogen (secondary N) is 4. The molecular weight excluding hydrogens is 1040 g/mol. The maximum absolute atomic E-state index is 14.7. The first kappa shape index (κ1) is 68.4. The van der Waals surface area contributed by atoms with E-state index in [4.69, 9.17) is 23.7 Å². The van der Waals surface area contributed by atoms with Crippen molar-refractivity contribution in [3.8, 4) is 0 Å². The third kappa shape index (κ3) is 21.8. The van der Waals surface area contributed by atoms with E-state index in [9.17, 15) is 46.8 Å². The molecule has 23 heteroatoms. The highest BCUT2D eigenvalue weighted by molar-refractivity contribution is 7.90. The van der Waals surface area contributed by atoms with Crippen LogP contribution in [0.3, 0.4) is 0 Å². The van der Waals surface area contributed by atoms with Crippen molar-refractivity contribution in [1.82, 2.24) is 35.4 Å². The molecule has 1 aliphatic carbocycles. The summed E-state index contributed by atoms with van der Waals surface area (Å²) in [5.41, 5.74) is 0.722. The van der Waals surface area contributed by atoms with Crippen LogP contribution in [0.1, 0.15) is 105 Å². The Balaban J connectivity index is 1.60. The van der Waals surface area contributed by atoms with Crippen molar-refractivity contribution in [3.63, 3.8) is 0 Å². The molecule has 22 nitrogen and oxygen atoms in total. The van der Waals surface area contributed by atoms with Crippen molar-refractivity contribution in [2.45, 2.75) is 154 Å². The highest BCUT2D eigenvalue weighted by atomic mass is 32.2. The lowest BCUT2D eigenvalue weighted by atomic mass is 9.89. The number of benzene rings is 1. The van der Waals surface area contributed by atoms with Gasteiger partial charge in [-0.15, -0.1) is 0 Å². The average molecular weight is 1140 g/mol. The minimum Gasteiger partial charge on any atom is -0.379 e. The topological polar surface area (TPSA) is 275 Å². The molecule has 1 saturated carbocycles. The molecule has 1 aromatic rings. The fraction of sp³-hybridized carbons (Fsp3) is 0.750. The number of carbonyl (C=O) groups is 8. The molecule has 2 fully saturated rings. The van der Waals surface area contributed by atoms with Gasteiger partial charge >= 0.3 is 0 Å². The molecule has 1 aliphatic heterocycles. The molecule has 6 amide bonds. The summed E-state index contributed by atoms with van der Waals surface area (Å²) in [5, 5.41) is 7.87. The Kier molecular flexibility index (Phi) is 30.3. The highest BCUT2D eigenvalue weighted by Gasteiger charge is 2.44. The molecule has 1 heterocycles. The van der Waals surface area contributed by atoms with E-state index in [1.165, 1.54) is 14.2 Å². The van der Waals surface area contributed by atoms with Gasteiger partial charge in [-0.25, -0.2) is 8.42 Å². The SMILES string of the molecule is CC[C@H](C)[C@@H]([C@@H](CC(=O)N1CCC[C@H]1[C@H](OC)[C@@H](C)C(=O)N[C@@H](Cc1ccccc1)C(=O)NS(=O)(=O)C1CC1)OC)N(C)C(=O)[C@@H](NC(=O)C(C(C)C)N(C)CCOCCOCCOCCNC(=O)C(CC=O)CC=O)C(C)C. The van der Waals surface area contributed by atoms with E-state index in [2.05, 4.69) is 20.7 Å². The number of aldehydes is 2. The molecule has 79 heavy (non-hydrogen) atoms. The van der Waals surface area contributed by atoms with Gasteiger partial charge in [0.15, 0.2) is 0 Å². The first-order valence-electron chi connectivity index (χ1n) is 28.0. The molecule has 1 aromatic carbocycles. The first-order valence-corrected chi connectivity index (χ1v) is 29.5. The van der Waals surface area contributed by atoms with Crippen LogP contribution in [0.25, 0.3) is 0 Å². The molecule has 4 N–H and O–H groups in total. The number of likely N-dealkylation sites (N-methyl/N-ethyl adjacent to an activating group) is 2. The van der Waals surface area contributed by atoms with E-state index >= 15 is 0 Å². The minimum atomic E-state index is -3.89. The maximum Gasteiger partial charge on any atom is 0.256 e. The van der Waals surface area contributed by atoms with E-state index in [1.54, 1.807) is 48.0 Å². The zero-order valence-electron chi connectivity index (χ0n) is 48.6. The molecule has 1 unspecified atom stereocenters. The Morgan fingerprint density at radius 1 is 0.759 bits per heavy atom. The molecule has 0 aromatic heterocycles. The predicted octanol–water partition coefficient (Wildman–Crippen LogP) is 2.30. The summed E-state index contributed by atoms with van der Waals surface area (Å²) in [7, 11) is 2.60. The quantitative estimate of drug-likeness (QED) is 0.0542. The number of hydrogen-bond acceptors (Lipinski definition) is 16. The number of ether oxygens (including phenoxy) is 5. The zero-order valence-corrected chi connectivity index (χ0v) is 49.5. The van der Waals surface area contributed by atoms with Crippen LogP contribution in [0.5, 0.6) is 0 Å². The summed E-state index contributed by atoms with van der Waals surface area (Å²) in [6, 6.07) is 5.17.